The van der Waals surface area contributed by atoms with Crippen molar-refractivity contribution in [3.05, 3.63) is 47.8 Å². The van der Waals surface area contributed by atoms with Gasteiger partial charge in [-0.1, -0.05) is 12.1 Å². The summed E-state index contributed by atoms with van der Waals surface area (Å²) in [6.07, 6.45) is 1.42. The maximum atomic E-state index is 12.9. The number of hydrogen-bond acceptors (Lipinski definition) is 4. The molecule has 23 heavy (non-hydrogen) atoms. The molecule has 1 aromatic carbocycles. The van der Waals surface area contributed by atoms with Crippen LogP contribution in [0.2, 0.25) is 0 Å². The van der Waals surface area contributed by atoms with Crippen LogP contribution in [0.4, 0.5) is 5.69 Å². The van der Waals surface area contributed by atoms with Crippen molar-refractivity contribution in [3.8, 4) is 0 Å². The van der Waals surface area contributed by atoms with Crippen molar-refractivity contribution in [2.75, 3.05) is 18.0 Å². The van der Waals surface area contributed by atoms with Gasteiger partial charge in [0, 0.05) is 19.8 Å². The standard InChI is InChI=1S/C16H20N2O4S/c1-5-18(13-8-6-7-12(2)9-13)23(20,21)14-10-15(16(19)22-4)17(3)11-14/h6-11H,5H2,1-4H3. The zero-order valence-electron chi connectivity index (χ0n) is 13.6. The minimum absolute atomic E-state index is 0.0590. The number of methoxy groups -OCH3 is 1. The van der Waals surface area contributed by atoms with Crippen LogP contribution in [0.1, 0.15) is 23.0 Å². The Morgan fingerprint density at radius 2 is 2.00 bits per heavy atom. The highest BCUT2D eigenvalue weighted by Gasteiger charge is 2.27. The molecule has 6 nitrogen and oxygen atoms in total. The second-order valence-corrected chi connectivity index (χ2v) is 7.03. The monoisotopic (exact) mass is 336 g/mol. The number of carbonyl (C=O) groups excluding carboxylic acids is 1. The molecule has 1 heterocycles. The molecule has 124 valence electrons. The number of ether oxygens (including phenoxy) is 1. The van der Waals surface area contributed by atoms with Gasteiger partial charge >= 0.3 is 5.97 Å². The first kappa shape index (κ1) is 17.1. The maximum Gasteiger partial charge on any atom is 0.354 e. The lowest BCUT2D eigenvalue weighted by atomic mass is 10.2. The van der Waals surface area contributed by atoms with Crippen molar-refractivity contribution in [1.82, 2.24) is 4.57 Å². The van der Waals surface area contributed by atoms with Crippen LogP contribution in [0.15, 0.2) is 41.4 Å². The summed E-state index contributed by atoms with van der Waals surface area (Å²) < 4.78 is 33.2. The minimum atomic E-state index is -3.76. The summed E-state index contributed by atoms with van der Waals surface area (Å²) in [6, 6.07) is 8.61. The number of rotatable bonds is 5. The van der Waals surface area contributed by atoms with Gasteiger partial charge < -0.3 is 9.30 Å². The molecular weight excluding hydrogens is 316 g/mol. The van der Waals surface area contributed by atoms with Crippen LogP contribution < -0.4 is 4.31 Å². The fourth-order valence-electron chi connectivity index (χ4n) is 2.38. The predicted octanol–water partition coefficient (Wildman–Crippen LogP) is 2.34. The zero-order valence-corrected chi connectivity index (χ0v) is 14.4. The second kappa shape index (κ2) is 6.45. The van der Waals surface area contributed by atoms with E-state index in [0.29, 0.717) is 5.69 Å². The minimum Gasteiger partial charge on any atom is -0.464 e. The Morgan fingerprint density at radius 3 is 2.57 bits per heavy atom. The summed E-state index contributed by atoms with van der Waals surface area (Å²) >= 11 is 0. The number of sulfonamides is 1. The van der Waals surface area contributed by atoms with E-state index < -0.39 is 16.0 Å². The fraction of sp³-hybridized carbons (Fsp3) is 0.312. The van der Waals surface area contributed by atoms with Crippen LogP contribution >= 0.6 is 0 Å². The highest BCUT2D eigenvalue weighted by Crippen LogP contribution is 2.25. The lowest BCUT2D eigenvalue weighted by Crippen LogP contribution is -2.30. The average Bonchev–Trinajstić information content (AvgIpc) is 2.90. The Balaban J connectivity index is 2.50. The van der Waals surface area contributed by atoms with Gasteiger partial charge in [-0.15, -0.1) is 0 Å². The van der Waals surface area contributed by atoms with Gasteiger partial charge in [0.2, 0.25) is 0 Å². The number of hydrogen-bond donors (Lipinski definition) is 0. The van der Waals surface area contributed by atoms with Gasteiger partial charge in [-0.2, -0.15) is 0 Å². The van der Waals surface area contributed by atoms with Crippen molar-refractivity contribution in [3.63, 3.8) is 0 Å². The summed E-state index contributed by atoms with van der Waals surface area (Å²) in [5.41, 5.74) is 1.75. The summed E-state index contributed by atoms with van der Waals surface area (Å²) in [5.74, 6) is -0.576. The molecule has 2 rings (SSSR count). The smallest absolute Gasteiger partial charge is 0.354 e. The molecule has 0 bridgehead atoms. The first-order valence-corrected chi connectivity index (χ1v) is 8.59. The molecular formula is C16H20N2O4S. The number of esters is 1. The van der Waals surface area contributed by atoms with E-state index in [4.69, 9.17) is 0 Å². The molecule has 0 unspecified atom stereocenters. The van der Waals surface area contributed by atoms with Crippen molar-refractivity contribution in [2.24, 2.45) is 7.05 Å². The Bertz CT molecular complexity index is 824. The van der Waals surface area contributed by atoms with Gasteiger partial charge in [0.25, 0.3) is 10.0 Å². The van der Waals surface area contributed by atoms with Crippen LogP contribution in [-0.4, -0.2) is 32.6 Å². The fourth-order valence-corrected chi connectivity index (χ4v) is 3.92. The molecule has 0 amide bonds. The molecule has 0 aliphatic rings. The van der Waals surface area contributed by atoms with E-state index in [1.807, 2.05) is 25.1 Å². The molecule has 2 aromatic rings. The number of aromatic nitrogens is 1. The summed E-state index contributed by atoms with van der Waals surface area (Å²) in [6.45, 7) is 3.96. The van der Waals surface area contributed by atoms with Gasteiger partial charge in [0.1, 0.15) is 10.6 Å². The summed E-state index contributed by atoms with van der Waals surface area (Å²) in [4.78, 5) is 11.7. The number of nitrogens with zero attached hydrogens (tertiary/aromatic N) is 2. The highest BCUT2D eigenvalue weighted by atomic mass is 32.2. The van der Waals surface area contributed by atoms with Crippen LogP contribution in [0.5, 0.6) is 0 Å². The van der Waals surface area contributed by atoms with Crippen LogP contribution in [0.3, 0.4) is 0 Å². The highest BCUT2D eigenvalue weighted by molar-refractivity contribution is 7.92. The third-order valence-corrected chi connectivity index (χ3v) is 5.41. The quantitative estimate of drug-likeness (QED) is 0.786. The normalized spacial score (nSPS) is 11.3. The largest absolute Gasteiger partial charge is 0.464 e. The Hall–Kier alpha value is -2.28. The number of benzene rings is 1. The molecule has 0 atom stereocenters. The summed E-state index contributed by atoms with van der Waals surface area (Å²) in [5, 5.41) is 0. The van der Waals surface area contributed by atoms with Gasteiger partial charge in [-0.25, -0.2) is 13.2 Å². The van der Waals surface area contributed by atoms with E-state index in [0.717, 1.165) is 5.56 Å². The van der Waals surface area contributed by atoms with E-state index in [-0.39, 0.29) is 17.1 Å². The second-order valence-electron chi connectivity index (χ2n) is 5.17. The van der Waals surface area contributed by atoms with Crippen LogP contribution in [0, 0.1) is 6.92 Å². The lowest BCUT2D eigenvalue weighted by molar-refractivity contribution is 0.0590. The van der Waals surface area contributed by atoms with E-state index in [1.165, 1.54) is 28.2 Å². The predicted molar refractivity (Wildman–Crippen MR) is 88.1 cm³/mol. The van der Waals surface area contributed by atoms with Crippen molar-refractivity contribution in [1.29, 1.82) is 0 Å². The Labute approximate surface area is 136 Å². The number of anilines is 1. The SMILES string of the molecule is CCN(c1cccc(C)c1)S(=O)(=O)c1cc(C(=O)OC)n(C)c1. The van der Waals surface area contributed by atoms with Crippen LogP contribution in [0.25, 0.3) is 0 Å². The first-order chi connectivity index (χ1) is 10.8. The number of carbonyl (C=O) groups is 1. The van der Waals surface area contributed by atoms with E-state index in [1.54, 1.807) is 20.0 Å². The van der Waals surface area contributed by atoms with E-state index >= 15 is 0 Å². The van der Waals surface area contributed by atoms with Gasteiger partial charge in [0.05, 0.1) is 12.8 Å². The lowest BCUT2D eigenvalue weighted by Gasteiger charge is -2.22. The van der Waals surface area contributed by atoms with Crippen molar-refractivity contribution in [2.45, 2.75) is 18.7 Å². The van der Waals surface area contributed by atoms with Crippen molar-refractivity contribution >= 4 is 21.7 Å². The van der Waals surface area contributed by atoms with Gasteiger partial charge in [-0.3, -0.25) is 4.31 Å². The molecule has 0 saturated carbocycles. The molecule has 0 saturated heterocycles. The Morgan fingerprint density at radius 1 is 1.30 bits per heavy atom. The van der Waals surface area contributed by atoms with Crippen molar-refractivity contribution < 1.29 is 17.9 Å². The molecule has 0 radical (unpaired) electrons. The van der Waals surface area contributed by atoms with Gasteiger partial charge in [-0.05, 0) is 37.6 Å². The third kappa shape index (κ3) is 3.24. The van der Waals surface area contributed by atoms with Crippen LogP contribution in [-0.2, 0) is 21.8 Å². The maximum absolute atomic E-state index is 12.9. The van der Waals surface area contributed by atoms with E-state index in [2.05, 4.69) is 4.74 Å². The van der Waals surface area contributed by atoms with E-state index in [9.17, 15) is 13.2 Å². The Kier molecular flexibility index (Phi) is 4.79. The van der Waals surface area contributed by atoms with Gasteiger partial charge in [0.15, 0.2) is 0 Å². The molecule has 0 N–H and O–H groups in total. The molecule has 7 heteroatoms. The molecule has 0 spiro atoms. The summed E-state index contributed by atoms with van der Waals surface area (Å²) in [7, 11) is -0.896. The number of aryl methyl sites for hydroxylation is 2. The zero-order chi connectivity index (χ0) is 17.2. The first-order valence-electron chi connectivity index (χ1n) is 7.15. The third-order valence-electron chi connectivity index (χ3n) is 3.54. The molecule has 0 aliphatic carbocycles. The molecule has 0 aliphatic heterocycles. The molecule has 0 fully saturated rings. The molecule has 1 aromatic heterocycles. The topological polar surface area (TPSA) is 68.6 Å². The average molecular weight is 336 g/mol.